The van der Waals surface area contributed by atoms with Crippen LogP contribution < -0.4 is 10.2 Å². The molecule has 0 fully saturated rings. The van der Waals surface area contributed by atoms with Gasteiger partial charge < -0.3 is 9.15 Å². The number of nitrogens with one attached hydrogen (secondary N) is 1. The second-order valence-electron chi connectivity index (χ2n) is 4.73. The van der Waals surface area contributed by atoms with Crippen LogP contribution in [0.1, 0.15) is 18.2 Å². The zero-order chi connectivity index (χ0) is 16.8. The Hall–Kier alpha value is -3.16. The first-order valence-corrected chi connectivity index (χ1v) is 6.72. The van der Waals surface area contributed by atoms with Gasteiger partial charge in [0.15, 0.2) is 12.4 Å². The van der Waals surface area contributed by atoms with Crippen molar-refractivity contribution in [3.05, 3.63) is 58.0 Å². The van der Waals surface area contributed by atoms with E-state index in [1.807, 2.05) is 0 Å². The molecule has 0 saturated carbocycles. The molecular formula is C15H15N3O5. The minimum absolute atomic E-state index is 0.0301. The number of aryl methyl sites for hydroxylation is 1. The quantitative estimate of drug-likeness (QED) is 0.500. The lowest BCUT2D eigenvalue weighted by atomic mass is 10.2. The SMILES string of the molecule is CC(=NNC(=O)COc1ccc(C)cc1[N+](=O)[O-])c1ccco1. The summed E-state index contributed by atoms with van der Waals surface area (Å²) < 4.78 is 10.3. The minimum atomic E-state index is -0.556. The second-order valence-corrected chi connectivity index (χ2v) is 4.73. The molecule has 1 aromatic heterocycles. The van der Waals surface area contributed by atoms with Gasteiger partial charge in [-0.1, -0.05) is 6.07 Å². The van der Waals surface area contributed by atoms with Gasteiger partial charge in [0.25, 0.3) is 5.91 Å². The first-order chi connectivity index (χ1) is 11.0. The summed E-state index contributed by atoms with van der Waals surface area (Å²) in [5.74, 6) is 0.0219. The predicted molar refractivity (Wildman–Crippen MR) is 82.4 cm³/mol. The molecule has 0 aliphatic heterocycles. The maximum atomic E-state index is 11.7. The Morgan fingerprint density at radius 2 is 2.22 bits per heavy atom. The van der Waals surface area contributed by atoms with Gasteiger partial charge in [0.2, 0.25) is 0 Å². The van der Waals surface area contributed by atoms with Gasteiger partial charge >= 0.3 is 5.69 Å². The molecule has 8 heteroatoms. The number of benzene rings is 1. The van der Waals surface area contributed by atoms with E-state index in [1.54, 1.807) is 32.0 Å². The van der Waals surface area contributed by atoms with E-state index in [1.165, 1.54) is 18.4 Å². The maximum absolute atomic E-state index is 11.7. The summed E-state index contributed by atoms with van der Waals surface area (Å²) in [6, 6.07) is 7.91. The number of carbonyl (C=O) groups excluding carboxylic acids is 1. The number of ether oxygens (including phenoxy) is 1. The lowest BCUT2D eigenvalue weighted by Gasteiger charge is -2.06. The molecule has 0 atom stereocenters. The van der Waals surface area contributed by atoms with Gasteiger partial charge in [-0.2, -0.15) is 5.10 Å². The molecule has 1 amide bonds. The number of carbonyl (C=O) groups is 1. The van der Waals surface area contributed by atoms with Crippen molar-refractivity contribution in [3.8, 4) is 5.75 Å². The van der Waals surface area contributed by atoms with E-state index in [4.69, 9.17) is 9.15 Å². The van der Waals surface area contributed by atoms with E-state index in [9.17, 15) is 14.9 Å². The average molecular weight is 317 g/mol. The van der Waals surface area contributed by atoms with Crippen LogP contribution in [-0.2, 0) is 4.79 Å². The van der Waals surface area contributed by atoms with Crippen LogP contribution in [0.3, 0.4) is 0 Å². The monoisotopic (exact) mass is 317 g/mol. The van der Waals surface area contributed by atoms with Gasteiger partial charge in [0.05, 0.1) is 11.2 Å². The highest BCUT2D eigenvalue weighted by molar-refractivity contribution is 5.96. The van der Waals surface area contributed by atoms with E-state index in [2.05, 4.69) is 10.5 Å². The van der Waals surface area contributed by atoms with E-state index >= 15 is 0 Å². The molecule has 0 unspecified atom stereocenters. The molecule has 2 aromatic rings. The van der Waals surface area contributed by atoms with Crippen LogP contribution in [0.2, 0.25) is 0 Å². The van der Waals surface area contributed by atoms with Crippen LogP contribution in [0.4, 0.5) is 5.69 Å². The van der Waals surface area contributed by atoms with Crippen molar-refractivity contribution in [3.63, 3.8) is 0 Å². The summed E-state index contributed by atoms with van der Waals surface area (Å²) in [5, 5.41) is 14.8. The molecule has 1 N–H and O–H groups in total. The van der Waals surface area contributed by atoms with Crippen LogP contribution >= 0.6 is 0 Å². The molecule has 2 rings (SSSR count). The van der Waals surface area contributed by atoms with E-state index in [-0.39, 0.29) is 11.4 Å². The van der Waals surface area contributed by atoms with Crippen LogP contribution in [0, 0.1) is 17.0 Å². The number of nitro groups is 1. The number of rotatable bonds is 6. The Morgan fingerprint density at radius 3 is 2.87 bits per heavy atom. The van der Waals surface area contributed by atoms with Crippen LogP contribution in [0.25, 0.3) is 0 Å². The highest BCUT2D eigenvalue weighted by atomic mass is 16.6. The van der Waals surface area contributed by atoms with Crippen molar-refractivity contribution < 1.29 is 18.9 Å². The topological polar surface area (TPSA) is 107 Å². The number of furan rings is 1. The fourth-order valence-electron chi connectivity index (χ4n) is 1.75. The average Bonchev–Trinajstić information content (AvgIpc) is 3.05. The Balaban J connectivity index is 1.95. The third-order valence-electron chi connectivity index (χ3n) is 2.90. The molecule has 0 saturated heterocycles. The fourth-order valence-corrected chi connectivity index (χ4v) is 1.75. The lowest BCUT2D eigenvalue weighted by molar-refractivity contribution is -0.385. The Labute approximate surface area is 131 Å². The summed E-state index contributed by atoms with van der Waals surface area (Å²) in [6.45, 7) is 3.01. The molecule has 120 valence electrons. The third kappa shape index (κ3) is 4.40. The number of nitrogens with zero attached hydrogens (tertiary/aromatic N) is 2. The summed E-state index contributed by atoms with van der Waals surface area (Å²) in [5.41, 5.74) is 3.33. The van der Waals surface area contributed by atoms with Gasteiger partial charge in [-0.05, 0) is 37.6 Å². The smallest absolute Gasteiger partial charge is 0.311 e. The van der Waals surface area contributed by atoms with Gasteiger partial charge in [-0.15, -0.1) is 0 Å². The first-order valence-electron chi connectivity index (χ1n) is 6.72. The van der Waals surface area contributed by atoms with Gasteiger partial charge in [-0.3, -0.25) is 14.9 Å². The van der Waals surface area contributed by atoms with Crippen molar-refractivity contribution in [1.82, 2.24) is 5.43 Å². The molecular weight excluding hydrogens is 302 g/mol. The molecule has 0 aliphatic carbocycles. The van der Waals surface area contributed by atoms with Gasteiger partial charge in [-0.25, -0.2) is 5.43 Å². The van der Waals surface area contributed by atoms with Crippen molar-refractivity contribution >= 4 is 17.3 Å². The Kier molecular flexibility index (Phi) is 5.08. The normalized spacial score (nSPS) is 11.1. The van der Waals surface area contributed by atoms with Crippen LogP contribution in [-0.4, -0.2) is 23.1 Å². The van der Waals surface area contributed by atoms with Crippen LogP contribution in [0.5, 0.6) is 5.75 Å². The molecule has 23 heavy (non-hydrogen) atoms. The number of nitro benzene ring substituents is 1. The number of hydrogen-bond donors (Lipinski definition) is 1. The van der Waals surface area contributed by atoms with Crippen molar-refractivity contribution in [2.45, 2.75) is 13.8 Å². The fraction of sp³-hybridized carbons (Fsp3) is 0.200. The molecule has 1 aromatic carbocycles. The molecule has 0 spiro atoms. The lowest BCUT2D eigenvalue weighted by Crippen LogP contribution is -2.25. The molecule has 0 bridgehead atoms. The Bertz CT molecular complexity index is 738. The second kappa shape index (κ2) is 7.21. The summed E-state index contributed by atoms with van der Waals surface area (Å²) >= 11 is 0. The first kappa shape index (κ1) is 16.2. The molecule has 1 heterocycles. The van der Waals surface area contributed by atoms with Crippen molar-refractivity contribution in [2.75, 3.05) is 6.61 Å². The van der Waals surface area contributed by atoms with Crippen molar-refractivity contribution in [2.24, 2.45) is 5.10 Å². The largest absolute Gasteiger partial charge is 0.477 e. The summed E-state index contributed by atoms with van der Waals surface area (Å²) in [7, 11) is 0. The molecule has 0 aliphatic rings. The highest BCUT2D eigenvalue weighted by Crippen LogP contribution is 2.27. The number of hydrogen-bond acceptors (Lipinski definition) is 6. The summed E-state index contributed by atoms with van der Waals surface area (Å²) in [6.07, 6.45) is 1.50. The van der Waals surface area contributed by atoms with Gasteiger partial charge in [0.1, 0.15) is 11.5 Å². The minimum Gasteiger partial charge on any atom is -0.477 e. The van der Waals surface area contributed by atoms with E-state index in [0.29, 0.717) is 11.5 Å². The molecule has 0 radical (unpaired) electrons. The van der Waals surface area contributed by atoms with E-state index < -0.39 is 17.4 Å². The standard InChI is InChI=1S/C15H15N3O5/c1-10-5-6-14(12(8-10)18(20)21)23-9-15(19)17-16-11(2)13-4-3-7-22-13/h3-8H,9H2,1-2H3,(H,17,19). The van der Waals surface area contributed by atoms with Crippen LogP contribution in [0.15, 0.2) is 46.1 Å². The van der Waals surface area contributed by atoms with Gasteiger partial charge in [0, 0.05) is 6.07 Å². The number of amides is 1. The number of hydrazone groups is 1. The third-order valence-corrected chi connectivity index (χ3v) is 2.90. The highest BCUT2D eigenvalue weighted by Gasteiger charge is 2.16. The zero-order valence-corrected chi connectivity index (χ0v) is 12.6. The Morgan fingerprint density at radius 1 is 1.43 bits per heavy atom. The maximum Gasteiger partial charge on any atom is 0.311 e. The summed E-state index contributed by atoms with van der Waals surface area (Å²) in [4.78, 5) is 22.1. The van der Waals surface area contributed by atoms with E-state index in [0.717, 1.165) is 5.56 Å². The van der Waals surface area contributed by atoms with Crippen molar-refractivity contribution in [1.29, 1.82) is 0 Å². The predicted octanol–water partition coefficient (Wildman–Crippen LogP) is 2.42. The zero-order valence-electron chi connectivity index (χ0n) is 12.6. The molecule has 8 nitrogen and oxygen atoms in total.